The molecule has 4 rings (SSSR count). The number of nitro benzene ring substituents is 1. The second-order valence-electron chi connectivity index (χ2n) is 5.89. The van der Waals surface area contributed by atoms with E-state index >= 15 is 0 Å². The molecule has 0 unspecified atom stereocenters. The SMILES string of the molecule is O=C1CCC(=O)N1c1ccc(-c2nnc(-c3cccc([N+](=O)[O-])c3)o2)cc1. The van der Waals surface area contributed by atoms with Crippen molar-refractivity contribution in [1.29, 1.82) is 0 Å². The van der Waals surface area contributed by atoms with Gasteiger partial charge in [-0.3, -0.25) is 24.6 Å². The van der Waals surface area contributed by atoms with Crippen LogP contribution in [0.3, 0.4) is 0 Å². The molecule has 0 saturated carbocycles. The minimum atomic E-state index is -0.500. The van der Waals surface area contributed by atoms with Gasteiger partial charge in [-0.15, -0.1) is 10.2 Å². The monoisotopic (exact) mass is 364 g/mol. The maximum atomic E-state index is 11.8. The fourth-order valence-corrected chi connectivity index (χ4v) is 2.83. The number of aromatic nitrogens is 2. The van der Waals surface area contributed by atoms with E-state index in [0.717, 1.165) is 4.90 Å². The highest BCUT2D eigenvalue weighted by Crippen LogP contribution is 2.29. The third-order valence-electron chi connectivity index (χ3n) is 4.15. The summed E-state index contributed by atoms with van der Waals surface area (Å²) in [4.78, 5) is 35.1. The molecule has 0 radical (unpaired) electrons. The highest BCUT2D eigenvalue weighted by molar-refractivity contribution is 6.19. The van der Waals surface area contributed by atoms with E-state index in [1.54, 1.807) is 30.3 Å². The minimum absolute atomic E-state index is 0.0726. The van der Waals surface area contributed by atoms with Crippen LogP contribution in [-0.2, 0) is 9.59 Å². The van der Waals surface area contributed by atoms with Crippen molar-refractivity contribution in [2.24, 2.45) is 0 Å². The zero-order chi connectivity index (χ0) is 19.0. The van der Waals surface area contributed by atoms with Crippen molar-refractivity contribution in [2.75, 3.05) is 4.90 Å². The van der Waals surface area contributed by atoms with Crippen molar-refractivity contribution in [2.45, 2.75) is 12.8 Å². The van der Waals surface area contributed by atoms with Crippen molar-refractivity contribution < 1.29 is 18.9 Å². The number of non-ortho nitro benzene ring substituents is 1. The summed E-state index contributed by atoms with van der Waals surface area (Å²) in [7, 11) is 0. The second-order valence-corrected chi connectivity index (χ2v) is 5.89. The van der Waals surface area contributed by atoms with E-state index in [9.17, 15) is 19.7 Å². The van der Waals surface area contributed by atoms with E-state index < -0.39 is 4.92 Å². The summed E-state index contributed by atoms with van der Waals surface area (Å²) in [5, 5.41) is 18.8. The van der Waals surface area contributed by atoms with E-state index in [2.05, 4.69) is 10.2 Å². The van der Waals surface area contributed by atoms with E-state index in [4.69, 9.17) is 4.42 Å². The molecule has 1 aliphatic heterocycles. The molecule has 0 atom stereocenters. The first-order chi connectivity index (χ1) is 13.0. The predicted octanol–water partition coefficient (Wildman–Crippen LogP) is 2.97. The molecule has 2 amide bonds. The standard InChI is InChI=1S/C18H12N4O5/c23-15-8-9-16(24)21(15)13-6-4-11(5-7-13)17-19-20-18(27-17)12-2-1-3-14(10-12)22(25)26/h1-7,10H,8-9H2. The largest absolute Gasteiger partial charge is 0.416 e. The molecule has 1 saturated heterocycles. The molecular formula is C18H12N4O5. The summed E-state index contributed by atoms with van der Waals surface area (Å²) in [6.07, 6.45) is 0.438. The Balaban J connectivity index is 1.60. The zero-order valence-corrected chi connectivity index (χ0v) is 13.9. The van der Waals surface area contributed by atoms with Gasteiger partial charge in [-0.2, -0.15) is 0 Å². The summed E-state index contributed by atoms with van der Waals surface area (Å²) in [6.45, 7) is 0. The molecule has 2 aromatic carbocycles. The highest BCUT2D eigenvalue weighted by atomic mass is 16.6. The van der Waals surface area contributed by atoms with E-state index in [1.165, 1.54) is 18.2 Å². The van der Waals surface area contributed by atoms with Gasteiger partial charge < -0.3 is 4.42 Å². The number of nitro groups is 1. The molecule has 0 aliphatic carbocycles. The van der Waals surface area contributed by atoms with Gasteiger partial charge in [0.1, 0.15) is 0 Å². The van der Waals surface area contributed by atoms with Gasteiger partial charge in [0.05, 0.1) is 10.6 Å². The maximum Gasteiger partial charge on any atom is 0.270 e. The molecular weight excluding hydrogens is 352 g/mol. The van der Waals surface area contributed by atoms with Gasteiger partial charge in [0.25, 0.3) is 5.69 Å². The van der Waals surface area contributed by atoms with Crippen LogP contribution in [0.1, 0.15) is 12.8 Å². The number of imide groups is 1. The molecule has 9 heteroatoms. The van der Waals surface area contributed by atoms with Crippen LogP contribution >= 0.6 is 0 Å². The lowest BCUT2D eigenvalue weighted by atomic mass is 10.2. The number of rotatable bonds is 4. The Bertz CT molecular complexity index is 1040. The average Bonchev–Trinajstić information content (AvgIpc) is 3.29. The predicted molar refractivity (Wildman–Crippen MR) is 93.6 cm³/mol. The number of anilines is 1. The summed E-state index contributed by atoms with van der Waals surface area (Å²) in [6, 6.07) is 12.5. The van der Waals surface area contributed by atoms with Gasteiger partial charge >= 0.3 is 0 Å². The Morgan fingerprint density at radius 3 is 2.19 bits per heavy atom. The van der Waals surface area contributed by atoms with Gasteiger partial charge in [0.15, 0.2) is 0 Å². The van der Waals surface area contributed by atoms with Crippen molar-refractivity contribution in [3.63, 3.8) is 0 Å². The average molecular weight is 364 g/mol. The molecule has 9 nitrogen and oxygen atoms in total. The Morgan fingerprint density at radius 2 is 1.56 bits per heavy atom. The first kappa shape index (κ1) is 16.6. The molecule has 27 heavy (non-hydrogen) atoms. The lowest BCUT2D eigenvalue weighted by Crippen LogP contribution is -2.28. The Labute approximate surface area is 152 Å². The molecule has 0 spiro atoms. The number of amides is 2. The molecule has 134 valence electrons. The second kappa shape index (κ2) is 6.45. The zero-order valence-electron chi connectivity index (χ0n) is 13.9. The first-order valence-corrected chi connectivity index (χ1v) is 8.07. The summed E-state index contributed by atoms with van der Waals surface area (Å²) in [5.74, 6) is -0.0678. The number of hydrogen-bond donors (Lipinski definition) is 0. The molecule has 2 heterocycles. The molecule has 1 aliphatic rings. The summed E-state index contributed by atoms with van der Waals surface area (Å²) >= 11 is 0. The van der Waals surface area contributed by atoms with Gasteiger partial charge in [-0.25, -0.2) is 0 Å². The smallest absolute Gasteiger partial charge is 0.270 e. The molecule has 3 aromatic rings. The van der Waals surface area contributed by atoms with Gasteiger partial charge in [-0.1, -0.05) is 6.07 Å². The fraction of sp³-hybridized carbons (Fsp3) is 0.111. The van der Waals surface area contributed by atoms with Crippen LogP contribution in [0.5, 0.6) is 0 Å². The number of hydrogen-bond acceptors (Lipinski definition) is 7. The van der Waals surface area contributed by atoms with E-state index in [1.807, 2.05) is 0 Å². The Kier molecular flexibility index (Phi) is 3.96. The van der Waals surface area contributed by atoms with E-state index in [-0.39, 0.29) is 42.1 Å². The minimum Gasteiger partial charge on any atom is -0.416 e. The topological polar surface area (TPSA) is 119 Å². The van der Waals surface area contributed by atoms with Crippen LogP contribution in [0.2, 0.25) is 0 Å². The third kappa shape index (κ3) is 3.06. The highest BCUT2D eigenvalue weighted by Gasteiger charge is 2.30. The molecule has 1 fully saturated rings. The number of nitrogens with zero attached hydrogens (tertiary/aromatic N) is 4. The lowest BCUT2D eigenvalue weighted by Gasteiger charge is -2.13. The first-order valence-electron chi connectivity index (χ1n) is 8.07. The van der Waals surface area contributed by atoms with Crippen molar-refractivity contribution in [3.05, 3.63) is 58.6 Å². The molecule has 0 N–H and O–H groups in total. The van der Waals surface area contributed by atoms with Gasteiger partial charge in [0.2, 0.25) is 23.6 Å². The van der Waals surface area contributed by atoms with Crippen LogP contribution in [0, 0.1) is 10.1 Å². The Hall–Kier alpha value is -3.88. The van der Waals surface area contributed by atoms with Crippen molar-refractivity contribution >= 4 is 23.2 Å². The van der Waals surface area contributed by atoms with Crippen LogP contribution in [-0.4, -0.2) is 26.9 Å². The maximum absolute atomic E-state index is 11.8. The van der Waals surface area contributed by atoms with Crippen LogP contribution in [0.4, 0.5) is 11.4 Å². The lowest BCUT2D eigenvalue weighted by molar-refractivity contribution is -0.384. The number of carbonyl (C=O) groups is 2. The van der Waals surface area contributed by atoms with Crippen LogP contribution in [0.25, 0.3) is 22.9 Å². The van der Waals surface area contributed by atoms with Crippen molar-refractivity contribution in [1.82, 2.24) is 10.2 Å². The number of benzene rings is 2. The van der Waals surface area contributed by atoms with Crippen LogP contribution in [0.15, 0.2) is 52.9 Å². The third-order valence-corrected chi connectivity index (χ3v) is 4.15. The van der Waals surface area contributed by atoms with Gasteiger partial charge in [0, 0.05) is 36.1 Å². The van der Waals surface area contributed by atoms with Gasteiger partial charge in [-0.05, 0) is 30.3 Å². The molecule has 1 aromatic heterocycles. The van der Waals surface area contributed by atoms with E-state index in [0.29, 0.717) is 16.8 Å². The quantitative estimate of drug-likeness (QED) is 0.396. The Morgan fingerprint density at radius 1 is 0.926 bits per heavy atom. The summed E-state index contributed by atoms with van der Waals surface area (Å²) in [5.41, 5.74) is 1.45. The van der Waals surface area contributed by atoms with Crippen LogP contribution < -0.4 is 4.90 Å². The molecule has 0 bridgehead atoms. The van der Waals surface area contributed by atoms with Crippen molar-refractivity contribution in [3.8, 4) is 22.9 Å². The fourth-order valence-electron chi connectivity index (χ4n) is 2.83. The normalized spacial score (nSPS) is 14.0. The summed E-state index contributed by atoms with van der Waals surface area (Å²) < 4.78 is 5.61. The number of carbonyl (C=O) groups excluding carboxylic acids is 2.